The summed E-state index contributed by atoms with van der Waals surface area (Å²) < 4.78 is 23.9. The smallest absolute Gasteiger partial charge is 0.337 e. The minimum atomic E-state index is -0.706. The van der Waals surface area contributed by atoms with Gasteiger partial charge in [-0.05, 0) is 55.0 Å². The Morgan fingerprint density at radius 2 is 1.66 bits per heavy atom. The van der Waals surface area contributed by atoms with Gasteiger partial charge >= 0.3 is 5.97 Å². The highest BCUT2D eigenvalue weighted by atomic mass is 19.1. The monoisotopic (exact) mass is 436 g/mol. The summed E-state index contributed by atoms with van der Waals surface area (Å²) in [5.41, 5.74) is 6.65. The third-order valence-corrected chi connectivity index (χ3v) is 4.71. The molecule has 8 heteroatoms. The summed E-state index contributed by atoms with van der Waals surface area (Å²) >= 11 is 0. The van der Waals surface area contributed by atoms with Gasteiger partial charge in [0.1, 0.15) is 17.3 Å². The number of carbonyl (C=O) groups excluding carboxylic acids is 3. The molecule has 164 valence electrons. The van der Waals surface area contributed by atoms with Crippen molar-refractivity contribution in [2.45, 2.75) is 13.0 Å². The number of esters is 1. The van der Waals surface area contributed by atoms with Crippen LogP contribution in [0.25, 0.3) is 0 Å². The first kappa shape index (κ1) is 22.5. The van der Waals surface area contributed by atoms with Crippen LogP contribution >= 0.6 is 0 Å². The third-order valence-electron chi connectivity index (χ3n) is 4.71. The quantitative estimate of drug-likeness (QED) is 0.545. The van der Waals surface area contributed by atoms with E-state index in [9.17, 15) is 18.8 Å². The average molecular weight is 436 g/mol. The van der Waals surface area contributed by atoms with Gasteiger partial charge in [-0.15, -0.1) is 0 Å². The number of rotatable bonds is 7. The maximum Gasteiger partial charge on any atom is 0.337 e. The lowest BCUT2D eigenvalue weighted by Crippen LogP contribution is -2.27. The predicted octanol–water partition coefficient (Wildman–Crippen LogP) is 3.99. The summed E-state index contributed by atoms with van der Waals surface area (Å²) in [7, 11) is 1.29. The molecule has 0 radical (unpaired) electrons. The zero-order chi connectivity index (χ0) is 23.3. The van der Waals surface area contributed by atoms with Crippen molar-refractivity contribution in [2.75, 3.05) is 7.11 Å². The van der Waals surface area contributed by atoms with E-state index in [0.717, 1.165) is 5.56 Å². The lowest BCUT2D eigenvalue weighted by Gasteiger charge is -2.17. The van der Waals surface area contributed by atoms with E-state index in [4.69, 9.17) is 10.5 Å². The van der Waals surface area contributed by atoms with Crippen molar-refractivity contribution in [3.63, 3.8) is 0 Å². The fourth-order valence-electron chi connectivity index (χ4n) is 2.99. The summed E-state index contributed by atoms with van der Waals surface area (Å²) in [5, 5.41) is 2.82. The van der Waals surface area contributed by atoms with Crippen molar-refractivity contribution in [3.05, 3.63) is 94.8 Å². The zero-order valence-corrected chi connectivity index (χ0v) is 17.4. The van der Waals surface area contributed by atoms with Gasteiger partial charge in [-0.3, -0.25) is 9.59 Å². The van der Waals surface area contributed by atoms with Crippen LogP contribution in [0.1, 0.15) is 49.6 Å². The van der Waals surface area contributed by atoms with Crippen molar-refractivity contribution in [1.82, 2.24) is 5.32 Å². The first-order valence-electron chi connectivity index (χ1n) is 9.65. The van der Waals surface area contributed by atoms with Crippen molar-refractivity contribution in [3.8, 4) is 11.5 Å². The molecule has 0 aromatic heterocycles. The molecule has 0 aliphatic rings. The van der Waals surface area contributed by atoms with Gasteiger partial charge in [0.2, 0.25) is 5.91 Å². The topological polar surface area (TPSA) is 108 Å². The van der Waals surface area contributed by atoms with Crippen LogP contribution in [0.2, 0.25) is 0 Å². The van der Waals surface area contributed by atoms with Gasteiger partial charge < -0.3 is 20.5 Å². The first-order chi connectivity index (χ1) is 15.3. The number of amides is 2. The highest BCUT2D eigenvalue weighted by Crippen LogP contribution is 2.28. The number of hydrogen-bond donors (Lipinski definition) is 2. The number of benzene rings is 3. The molecule has 2 amide bonds. The molecular weight excluding hydrogens is 415 g/mol. The lowest BCUT2D eigenvalue weighted by molar-refractivity contribution is 0.0600. The van der Waals surface area contributed by atoms with Gasteiger partial charge in [0.05, 0.1) is 24.3 Å². The number of ether oxygens (including phenoxy) is 2. The van der Waals surface area contributed by atoms with Crippen LogP contribution in [0.5, 0.6) is 11.5 Å². The molecule has 0 bridgehead atoms. The van der Waals surface area contributed by atoms with Gasteiger partial charge in [0.15, 0.2) is 0 Å². The van der Waals surface area contributed by atoms with E-state index in [1.54, 1.807) is 31.2 Å². The summed E-state index contributed by atoms with van der Waals surface area (Å²) in [6.45, 7) is 1.76. The highest BCUT2D eigenvalue weighted by Gasteiger charge is 2.19. The van der Waals surface area contributed by atoms with Crippen molar-refractivity contribution >= 4 is 17.8 Å². The SMILES string of the molecule is COC(=O)c1ccc([C@H](C)NC(=O)c2cc(C(N)=O)ccc2Oc2cccc(F)c2)cc1. The molecule has 0 unspecified atom stereocenters. The Bertz CT molecular complexity index is 1160. The van der Waals surface area contributed by atoms with Crippen LogP contribution in [0.15, 0.2) is 66.7 Å². The number of nitrogens with one attached hydrogen (secondary N) is 1. The minimum Gasteiger partial charge on any atom is -0.465 e. The Hall–Kier alpha value is -4.20. The van der Waals surface area contributed by atoms with Crippen molar-refractivity contribution < 1.29 is 28.2 Å². The fourth-order valence-corrected chi connectivity index (χ4v) is 2.99. The molecule has 0 aliphatic heterocycles. The van der Waals surface area contributed by atoms with Gasteiger partial charge in [-0.1, -0.05) is 18.2 Å². The molecule has 0 fully saturated rings. The van der Waals surface area contributed by atoms with E-state index in [1.807, 2.05) is 0 Å². The molecule has 1 atom stereocenters. The molecule has 3 aromatic carbocycles. The maximum absolute atomic E-state index is 13.5. The average Bonchev–Trinajstić information content (AvgIpc) is 2.78. The van der Waals surface area contributed by atoms with Crippen molar-refractivity contribution in [2.24, 2.45) is 5.73 Å². The van der Waals surface area contributed by atoms with Crippen LogP contribution in [0, 0.1) is 5.82 Å². The van der Waals surface area contributed by atoms with E-state index >= 15 is 0 Å². The standard InChI is InChI=1S/C24H21FN2O5/c1-14(15-6-8-16(9-7-15)24(30)31-2)27-23(29)20-12-17(22(26)28)10-11-21(20)32-19-5-3-4-18(25)13-19/h3-14H,1-2H3,(H2,26,28)(H,27,29)/t14-/m0/s1. The second-order valence-corrected chi connectivity index (χ2v) is 6.94. The van der Waals surface area contributed by atoms with E-state index in [0.29, 0.717) is 5.56 Å². The predicted molar refractivity (Wildman–Crippen MR) is 115 cm³/mol. The summed E-state index contributed by atoms with van der Waals surface area (Å²) in [5.74, 6) is -1.86. The number of primary amides is 1. The summed E-state index contributed by atoms with van der Waals surface area (Å²) in [4.78, 5) is 36.2. The summed E-state index contributed by atoms with van der Waals surface area (Å²) in [6.07, 6.45) is 0. The Morgan fingerprint density at radius 3 is 2.28 bits per heavy atom. The number of nitrogens with two attached hydrogens (primary N) is 1. The Morgan fingerprint density at radius 1 is 0.969 bits per heavy atom. The van der Waals surface area contributed by atoms with Crippen molar-refractivity contribution in [1.29, 1.82) is 0 Å². The second kappa shape index (κ2) is 9.74. The molecule has 0 spiro atoms. The largest absolute Gasteiger partial charge is 0.465 e. The zero-order valence-electron chi connectivity index (χ0n) is 17.4. The van der Waals surface area contributed by atoms with E-state index in [2.05, 4.69) is 10.1 Å². The van der Waals surface area contributed by atoms with E-state index < -0.39 is 29.6 Å². The molecule has 0 saturated heterocycles. The Kier molecular flexibility index (Phi) is 6.84. The van der Waals surface area contributed by atoms with Gasteiger partial charge in [-0.2, -0.15) is 0 Å². The molecule has 3 aromatic rings. The maximum atomic E-state index is 13.5. The highest BCUT2D eigenvalue weighted by molar-refractivity contribution is 6.01. The van der Waals surface area contributed by atoms with Crippen LogP contribution in [-0.2, 0) is 4.74 Å². The van der Waals surface area contributed by atoms with Crippen LogP contribution in [0.3, 0.4) is 0 Å². The van der Waals surface area contributed by atoms with Gasteiger partial charge in [0.25, 0.3) is 5.91 Å². The molecule has 7 nitrogen and oxygen atoms in total. The minimum absolute atomic E-state index is 0.0589. The number of carbonyl (C=O) groups is 3. The van der Waals surface area contributed by atoms with Gasteiger partial charge in [0, 0.05) is 11.6 Å². The molecule has 0 saturated carbocycles. The van der Waals surface area contributed by atoms with E-state index in [-0.39, 0.29) is 22.6 Å². The number of methoxy groups -OCH3 is 1. The fraction of sp³-hybridized carbons (Fsp3) is 0.125. The van der Waals surface area contributed by atoms with E-state index in [1.165, 1.54) is 49.6 Å². The third kappa shape index (κ3) is 5.28. The van der Waals surface area contributed by atoms with Crippen LogP contribution in [0.4, 0.5) is 4.39 Å². The Balaban J connectivity index is 1.85. The van der Waals surface area contributed by atoms with Crippen LogP contribution < -0.4 is 15.8 Å². The summed E-state index contributed by atoms with van der Waals surface area (Å²) in [6, 6.07) is 15.8. The Labute approximate surface area is 184 Å². The normalized spacial score (nSPS) is 11.3. The van der Waals surface area contributed by atoms with Crippen LogP contribution in [-0.4, -0.2) is 24.9 Å². The number of hydrogen-bond acceptors (Lipinski definition) is 5. The number of halogens is 1. The molecule has 3 N–H and O–H groups in total. The molecule has 32 heavy (non-hydrogen) atoms. The molecule has 0 aliphatic carbocycles. The molecule has 3 rings (SSSR count). The molecule has 0 heterocycles. The lowest BCUT2D eigenvalue weighted by atomic mass is 10.0. The first-order valence-corrected chi connectivity index (χ1v) is 9.65. The second-order valence-electron chi connectivity index (χ2n) is 6.94. The molecular formula is C24H21FN2O5. The van der Waals surface area contributed by atoms with Gasteiger partial charge in [-0.25, -0.2) is 9.18 Å².